The minimum absolute atomic E-state index is 0.118. The van der Waals surface area contributed by atoms with Crippen LogP contribution in [-0.4, -0.2) is 31.0 Å². The van der Waals surface area contributed by atoms with Crippen LogP contribution in [0.5, 0.6) is 0 Å². The van der Waals surface area contributed by atoms with Crippen LogP contribution in [0.25, 0.3) is 0 Å². The lowest BCUT2D eigenvalue weighted by atomic mass is 10.1. The molecule has 17 heavy (non-hydrogen) atoms. The Kier molecular flexibility index (Phi) is 3.74. The highest BCUT2D eigenvalue weighted by molar-refractivity contribution is 5.85. The van der Waals surface area contributed by atoms with Gasteiger partial charge in [0.15, 0.2) is 0 Å². The zero-order valence-electron chi connectivity index (χ0n) is 10.2. The first-order valence-electron chi connectivity index (χ1n) is 6.09. The Hall–Kier alpha value is -1.42. The molecule has 1 aliphatic rings. The Morgan fingerprint density at radius 3 is 2.71 bits per heavy atom. The number of nitrogens with zero attached hydrogens (tertiary/aromatic N) is 1. The molecule has 1 aromatic rings. The highest BCUT2D eigenvalue weighted by Crippen LogP contribution is 2.45. The number of carbonyl (C=O) groups is 1. The number of hydrogen-bond donors (Lipinski definition) is 2. The van der Waals surface area contributed by atoms with Gasteiger partial charge in [-0.25, -0.2) is 0 Å². The number of rotatable bonds is 6. The molecule has 1 heterocycles. The average Bonchev–Trinajstić information content (AvgIpc) is 3.12. The van der Waals surface area contributed by atoms with Gasteiger partial charge < -0.3 is 10.6 Å². The van der Waals surface area contributed by atoms with Gasteiger partial charge in [-0.3, -0.25) is 9.78 Å². The molecular formula is C13H19N3O. The molecule has 0 aromatic carbocycles. The predicted octanol–water partition coefficient (Wildman–Crippen LogP) is 0.740. The van der Waals surface area contributed by atoms with E-state index in [1.54, 1.807) is 12.4 Å². The molecule has 2 N–H and O–H groups in total. The van der Waals surface area contributed by atoms with E-state index < -0.39 is 0 Å². The summed E-state index contributed by atoms with van der Waals surface area (Å²) in [6.45, 7) is 1.49. The second-order valence-corrected chi connectivity index (χ2v) is 4.67. The standard InChI is InChI=1S/C13H19N3O/c1-14-10-13(5-6-13)12(17)16-9-4-11-2-7-15-8-3-11/h2-3,7-8,14H,4-6,9-10H2,1H3,(H,16,17). The van der Waals surface area contributed by atoms with Crippen LogP contribution in [0.4, 0.5) is 0 Å². The van der Waals surface area contributed by atoms with Gasteiger partial charge in [-0.1, -0.05) is 0 Å². The number of carbonyl (C=O) groups excluding carboxylic acids is 1. The molecule has 92 valence electrons. The molecule has 2 rings (SSSR count). The van der Waals surface area contributed by atoms with Crippen LogP contribution in [0.15, 0.2) is 24.5 Å². The SMILES string of the molecule is CNCC1(C(=O)NCCc2ccncc2)CC1. The second-order valence-electron chi connectivity index (χ2n) is 4.67. The smallest absolute Gasteiger partial charge is 0.227 e. The summed E-state index contributed by atoms with van der Waals surface area (Å²) in [4.78, 5) is 15.9. The summed E-state index contributed by atoms with van der Waals surface area (Å²) in [5, 5.41) is 6.11. The van der Waals surface area contributed by atoms with E-state index in [1.165, 1.54) is 5.56 Å². The van der Waals surface area contributed by atoms with E-state index in [0.29, 0.717) is 6.54 Å². The lowest BCUT2D eigenvalue weighted by Gasteiger charge is -2.14. The Labute approximate surface area is 102 Å². The molecule has 1 aliphatic carbocycles. The van der Waals surface area contributed by atoms with Gasteiger partial charge in [0.25, 0.3) is 0 Å². The third-order valence-electron chi connectivity index (χ3n) is 3.30. The van der Waals surface area contributed by atoms with Gasteiger partial charge in [0.05, 0.1) is 5.41 Å². The molecule has 0 unspecified atom stereocenters. The largest absolute Gasteiger partial charge is 0.355 e. The van der Waals surface area contributed by atoms with Crippen LogP contribution in [0.2, 0.25) is 0 Å². The highest BCUT2D eigenvalue weighted by Gasteiger charge is 2.48. The van der Waals surface area contributed by atoms with E-state index in [9.17, 15) is 4.79 Å². The van der Waals surface area contributed by atoms with Crippen molar-refractivity contribution >= 4 is 5.91 Å². The molecule has 0 aliphatic heterocycles. The molecular weight excluding hydrogens is 214 g/mol. The van der Waals surface area contributed by atoms with E-state index in [4.69, 9.17) is 0 Å². The Morgan fingerprint density at radius 2 is 2.12 bits per heavy atom. The molecule has 4 nitrogen and oxygen atoms in total. The molecule has 0 radical (unpaired) electrons. The first-order chi connectivity index (χ1) is 8.27. The molecule has 1 aromatic heterocycles. The van der Waals surface area contributed by atoms with Gasteiger partial charge >= 0.3 is 0 Å². The quantitative estimate of drug-likeness (QED) is 0.762. The molecule has 0 saturated heterocycles. The third kappa shape index (κ3) is 3.03. The maximum absolute atomic E-state index is 11.9. The van der Waals surface area contributed by atoms with Gasteiger partial charge in [0.1, 0.15) is 0 Å². The summed E-state index contributed by atoms with van der Waals surface area (Å²) in [5.41, 5.74) is 1.09. The Bertz CT molecular complexity index is 374. The molecule has 1 saturated carbocycles. The van der Waals surface area contributed by atoms with Gasteiger partial charge in [-0.15, -0.1) is 0 Å². The van der Waals surface area contributed by atoms with Crippen LogP contribution in [0, 0.1) is 5.41 Å². The molecule has 1 amide bonds. The van der Waals surface area contributed by atoms with E-state index in [1.807, 2.05) is 19.2 Å². The monoisotopic (exact) mass is 233 g/mol. The van der Waals surface area contributed by atoms with Crippen molar-refractivity contribution in [2.75, 3.05) is 20.1 Å². The lowest BCUT2D eigenvalue weighted by molar-refractivity contribution is -0.126. The van der Waals surface area contributed by atoms with E-state index in [2.05, 4.69) is 15.6 Å². The average molecular weight is 233 g/mol. The number of hydrogen-bond acceptors (Lipinski definition) is 3. The molecule has 0 spiro atoms. The number of pyridine rings is 1. The van der Waals surface area contributed by atoms with Crippen molar-refractivity contribution in [1.82, 2.24) is 15.6 Å². The molecule has 4 heteroatoms. The van der Waals surface area contributed by atoms with E-state index in [0.717, 1.165) is 25.8 Å². The number of amides is 1. The van der Waals surface area contributed by atoms with Crippen LogP contribution in [0.1, 0.15) is 18.4 Å². The van der Waals surface area contributed by atoms with Crippen molar-refractivity contribution in [2.45, 2.75) is 19.3 Å². The van der Waals surface area contributed by atoms with Crippen LogP contribution in [-0.2, 0) is 11.2 Å². The van der Waals surface area contributed by atoms with Gasteiger partial charge in [-0.2, -0.15) is 0 Å². The summed E-state index contributed by atoms with van der Waals surface area (Å²) < 4.78 is 0. The Balaban J connectivity index is 1.74. The summed E-state index contributed by atoms with van der Waals surface area (Å²) in [7, 11) is 1.89. The maximum atomic E-state index is 11.9. The molecule has 0 atom stereocenters. The first-order valence-corrected chi connectivity index (χ1v) is 6.09. The van der Waals surface area contributed by atoms with Crippen molar-refractivity contribution in [3.05, 3.63) is 30.1 Å². The van der Waals surface area contributed by atoms with Crippen LogP contribution in [0.3, 0.4) is 0 Å². The maximum Gasteiger partial charge on any atom is 0.227 e. The van der Waals surface area contributed by atoms with Gasteiger partial charge in [0.2, 0.25) is 5.91 Å². The van der Waals surface area contributed by atoms with Gasteiger partial charge in [0, 0.05) is 25.5 Å². The first kappa shape index (κ1) is 12.0. The fourth-order valence-corrected chi connectivity index (χ4v) is 2.03. The summed E-state index contributed by atoms with van der Waals surface area (Å²) in [5.74, 6) is 0.195. The normalized spacial score (nSPS) is 16.5. The third-order valence-corrected chi connectivity index (χ3v) is 3.30. The summed E-state index contributed by atoms with van der Waals surface area (Å²) in [6, 6.07) is 3.96. The van der Waals surface area contributed by atoms with Crippen LogP contribution < -0.4 is 10.6 Å². The fraction of sp³-hybridized carbons (Fsp3) is 0.538. The highest BCUT2D eigenvalue weighted by atomic mass is 16.2. The zero-order valence-corrected chi connectivity index (χ0v) is 10.2. The number of aromatic nitrogens is 1. The summed E-state index contributed by atoms with van der Waals surface area (Å²) >= 11 is 0. The predicted molar refractivity (Wildman–Crippen MR) is 66.5 cm³/mol. The van der Waals surface area contributed by atoms with Crippen molar-refractivity contribution < 1.29 is 4.79 Å². The van der Waals surface area contributed by atoms with Crippen molar-refractivity contribution in [3.8, 4) is 0 Å². The zero-order chi connectivity index (χ0) is 12.1. The molecule has 1 fully saturated rings. The second kappa shape index (κ2) is 5.27. The minimum Gasteiger partial charge on any atom is -0.355 e. The number of nitrogens with one attached hydrogen (secondary N) is 2. The van der Waals surface area contributed by atoms with E-state index >= 15 is 0 Å². The lowest BCUT2D eigenvalue weighted by Crippen LogP contribution is -2.38. The van der Waals surface area contributed by atoms with Crippen molar-refractivity contribution in [1.29, 1.82) is 0 Å². The van der Waals surface area contributed by atoms with Crippen molar-refractivity contribution in [2.24, 2.45) is 5.41 Å². The van der Waals surface area contributed by atoms with E-state index in [-0.39, 0.29) is 11.3 Å². The Morgan fingerprint density at radius 1 is 1.41 bits per heavy atom. The van der Waals surface area contributed by atoms with Crippen LogP contribution >= 0.6 is 0 Å². The minimum atomic E-state index is -0.118. The van der Waals surface area contributed by atoms with Crippen molar-refractivity contribution in [3.63, 3.8) is 0 Å². The summed E-state index contributed by atoms with van der Waals surface area (Å²) in [6.07, 6.45) is 6.44. The topological polar surface area (TPSA) is 54.0 Å². The van der Waals surface area contributed by atoms with Gasteiger partial charge in [-0.05, 0) is 44.0 Å². The molecule has 0 bridgehead atoms. The fourth-order valence-electron chi connectivity index (χ4n) is 2.03.